The van der Waals surface area contributed by atoms with Gasteiger partial charge in [-0.25, -0.2) is 4.98 Å². The maximum atomic E-state index is 4.75. The van der Waals surface area contributed by atoms with E-state index in [9.17, 15) is 0 Å². The van der Waals surface area contributed by atoms with Crippen molar-refractivity contribution >= 4 is 17.6 Å². The number of nitrogens with one attached hydrogen (secondary N) is 3. The maximum Gasteiger partial charge on any atom is 0.227 e. The van der Waals surface area contributed by atoms with Gasteiger partial charge in [-0.15, -0.1) is 0 Å². The van der Waals surface area contributed by atoms with Crippen LogP contribution in [0, 0.1) is 5.41 Å². The topological polar surface area (TPSA) is 81.8 Å². The molecule has 0 radical (unpaired) electrons. The Hall–Kier alpha value is -2.15. The van der Waals surface area contributed by atoms with E-state index in [0.717, 1.165) is 30.7 Å². The molecule has 7 heteroatoms. The predicted molar refractivity (Wildman–Crippen MR) is 102 cm³/mol. The lowest BCUT2D eigenvalue weighted by Gasteiger charge is -2.36. The maximum absolute atomic E-state index is 4.75. The third-order valence-corrected chi connectivity index (χ3v) is 6.38. The number of nitrogens with zero attached hydrogens (tertiary/aromatic N) is 4. The lowest BCUT2D eigenvalue weighted by Crippen LogP contribution is -2.41. The molecule has 4 heterocycles. The summed E-state index contributed by atoms with van der Waals surface area (Å²) in [6, 6.07) is 4.64. The van der Waals surface area contributed by atoms with Gasteiger partial charge in [0.25, 0.3) is 0 Å². The molecule has 2 aliphatic carbocycles. The van der Waals surface area contributed by atoms with Gasteiger partial charge in [0, 0.05) is 48.4 Å². The van der Waals surface area contributed by atoms with Crippen LogP contribution in [0.3, 0.4) is 0 Å². The van der Waals surface area contributed by atoms with Crippen molar-refractivity contribution in [2.24, 2.45) is 5.41 Å². The Bertz CT molecular complexity index is 774. The summed E-state index contributed by atoms with van der Waals surface area (Å²) >= 11 is 0. The third kappa shape index (κ3) is 2.74. The third-order valence-electron chi connectivity index (χ3n) is 6.38. The number of H-pyrrole nitrogens is 1. The highest BCUT2D eigenvalue weighted by Crippen LogP contribution is 2.52. The van der Waals surface area contributed by atoms with Gasteiger partial charge in [0.05, 0.1) is 0 Å². The van der Waals surface area contributed by atoms with Crippen molar-refractivity contribution in [3.05, 3.63) is 24.0 Å². The zero-order valence-corrected chi connectivity index (χ0v) is 15.3. The number of aromatic amines is 1. The van der Waals surface area contributed by atoms with Gasteiger partial charge in [0.2, 0.25) is 5.95 Å². The molecule has 0 amide bonds. The quantitative estimate of drug-likeness (QED) is 0.741. The first kappa shape index (κ1) is 16.1. The summed E-state index contributed by atoms with van der Waals surface area (Å²) < 4.78 is 0. The Morgan fingerprint density at radius 2 is 2.12 bits per heavy atom. The summed E-state index contributed by atoms with van der Waals surface area (Å²) in [5, 5.41) is 14.3. The smallest absolute Gasteiger partial charge is 0.227 e. The molecule has 2 aromatic rings. The average Bonchev–Trinajstić information content (AvgIpc) is 3.38. The first-order chi connectivity index (χ1) is 12.7. The van der Waals surface area contributed by atoms with Crippen LogP contribution < -0.4 is 15.5 Å². The van der Waals surface area contributed by atoms with Gasteiger partial charge < -0.3 is 15.5 Å². The molecule has 6 rings (SSSR count). The second kappa shape index (κ2) is 6.23. The fourth-order valence-corrected chi connectivity index (χ4v) is 5.12. The molecule has 2 bridgehead atoms. The van der Waals surface area contributed by atoms with Crippen LogP contribution in [0.5, 0.6) is 0 Å². The van der Waals surface area contributed by atoms with Gasteiger partial charge >= 0.3 is 0 Å². The van der Waals surface area contributed by atoms with Crippen LogP contribution in [0.1, 0.15) is 50.1 Å². The highest BCUT2D eigenvalue weighted by Gasteiger charge is 2.55. The van der Waals surface area contributed by atoms with E-state index in [1.165, 1.54) is 44.2 Å². The number of aromatic nitrogens is 4. The second-order valence-electron chi connectivity index (χ2n) is 8.28. The molecule has 2 aromatic heterocycles. The fraction of sp³-hybridized carbons (Fsp3) is 0.632. The lowest BCUT2D eigenvalue weighted by molar-refractivity contribution is 0.196. The second-order valence-corrected chi connectivity index (χ2v) is 8.28. The molecular formula is C19H27N7. The molecule has 2 saturated carbocycles. The fourth-order valence-electron chi connectivity index (χ4n) is 5.12. The highest BCUT2D eigenvalue weighted by atomic mass is 15.3. The minimum Gasteiger partial charge on any atom is -0.337 e. The molecule has 2 aliphatic heterocycles. The number of rotatable bonds is 6. The van der Waals surface area contributed by atoms with Crippen molar-refractivity contribution in [2.45, 2.75) is 50.5 Å². The van der Waals surface area contributed by atoms with Crippen LogP contribution in [0.15, 0.2) is 18.3 Å². The Kier molecular flexibility index (Phi) is 3.85. The van der Waals surface area contributed by atoms with Crippen LogP contribution in [0.2, 0.25) is 0 Å². The first-order valence-electron chi connectivity index (χ1n) is 9.81. The van der Waals surface area contributed by atoms with Crippen LogP contribution >= 0.6 is 0 Å². The SMILES string of the molecule is CNCC12CC(C1)N(c1nccc(Nc3cc(C4CCCC4)[nH]n3)n1)C2. The summed E-state index contributed by atoms with van der Waals surface area (Å²) in [4.78, 5) is 11.7. The Morgan fingerprint density at radius 3 is 2.92 bits per heavy atom. The zero-order valence-electron chi connectivity index (χ0n) is 15.3. The number of anilines is 3. The number of fused-ring (bicyclic) bond motifs is 1. The van der Waals surface area contributed by atoms with Crippen molar-refractivity contribution < 1.29 is 0 Å². The van der Waals surface area contributed by atoms with E-state index in [-0.39, 0.29) is 0 Å². The molecule has 7 nitrogen and oxygen atoms in total. The molecule has 4 aliphatic rings. The number of hydrogen-bond acceptors (Lipinski definition) is 6. The van der Waals surface area contributed by atoms with Crippen molar-refractivity contribution in [1.29, 1.82) is 0 Å². The number of hydrogen-bond donors (Lipinski definition) is 3. The van der Waals surface area contributed by atoms with E-state index in [1.54, 1.807) is 0 Å². The molecule has 2 saturated heterocycles. The summed E-state index contributed by atoms with van der Waals surface area (Å²) in [7, 11) is 2.04. The minimum absolute atomic E-state index is 0.421. The van der Waals surface area contributed by atoms with Gasteiger partial charge in [0.1, 0.15) is 5.82 Å². The van der Waals surface area contributed by atoms with Crippen molar-refractivity contribution in [1.82, 2.24) is 25.5 Å². The van der Waals surface area contributed by atoms with Gasteiger partial charge in [-0.1, -0.05) is 12.8 Å². The standard InChI is InChI=1S/C19H27N7/c1-20-11-19-9-14(10-19)26(12-19)18-21-7-6-16(23-18)22-17-8-15(24-25-17)13-4-2-3-5-13/h6-8,13-14,20H,2-5,9-12H2,1H3,(H2,21,22,23,24,25). The van der Waals surface area contributed by atoms with Gasteiger partial charge in [-0.3, -0.25) is 5.10 Å². The molecule has 26 heavy (non-hydrogen) atoms. The van der Waals surface area contributed by atoms with E-state index in [1.807, 2.05) is 19.3 Å². The molecule has 3 N–H and O–H groups in total. The van der Waals surface area contributed by atoms with Crippen LogP contribution in [-0.4, -0.2) is 46.3 Å². The van der Waals surface area contributed by atoms with E-state index in [2.05, 4.69) is 36.8 Å². The monoisotopic (exact) mass is 353 g/mol. The molecule has 0 aromatic carbocycles. The van der Waals surface area contributed by atoms with E-state index in [4.69, 9.17) is 4.98 Å². The van der Waals surface area contributed by atoms with Crippen molar-refractivity contribution in [2.75, 3.05) is 30.4 Å². The van der Waals surface area contributed by atoms with Gasteiger partial charge in [0.15, 0.2) is 5.82 Å². The summed E-state index contributed by atoms with van der Waals surface area (Å²) in [6.45, 7) is 2.13. The predicted octanol–water partition coefficient (Wildman–Crippen LogP) is 2.79. The lowest BCUT2D eigenvalue weighted by atomic mass is 9.70. The van der Waals surface area contributed by atoms with Crippen molar-refractivity contribution in [3.8, 4) is 0 Å². The Labute approximate surface area is 154 Å². The summed E-state index contributed by atoms with van der Waals surface area (Å²) in [5.41, 5.74) is 1.67. The summed E-state index contributed by atoms with van der Waals surface area (Å²) in [5.74, 6) is 3.13. The van der Waals surface area contributed by atoms with E-state index < -0.39 is 0 Å². The molecule has 0 atom stereocenters. The molecular weight excluding hydrogens is 326 g/mol. The molecule has 4 fully saturated rings. The molecule has 0 spiro atoms. The van der Waals surface area contributed by atoms with E-state index >= 15 is 0 Å². The molecule has 0 unspecified atom stereocenters. The summed E-state index contributed by atoms with van der Waals surface area (Å²) in [6.07, 6.45) is 9.53. The minimum atomic E-state index is 0.421. The Morgan fingerprint density at radius 1 is 1.27 bits per heavy atom. The van der Waals surface area contributed by atoms with Crippen LogP contribution in [0.25, 0.3) is 0 Å². The average molecular weight is 353 g/mol. The normalized spacial score (nSPS) is 27.7. The molecule has 138 valence electrons. The first-order valence-corrected chi connectivity index (χ1v) is 9.81. The van der Waals surface area contributed by atoms with Crippen molar-refractivity contribution in [3.63, 3.8) is 0 Å². The van der Waals surface area contributed by atoms with Gasteiger partial charge in [-0.05, 0) is 38.8 Å². The van der Waals surface area contributed by atoms with Gasteiger partial charge in [-0.2, -0.15) is 10.1 Å². The van der Waals surface area contributed by atoms with Crippen LogP contribution in [0.4, 0.5) is 17.6 Å². The zero-order chi connectivity index (χ0) is 17.6. The Balaban J connectivity index is 1.29. The van der Waals surface area contributed by atoms with E-state index in [0.29, 0.717) is 17.4 Å². The highest BCUT2D eigenvalue weighted by molar-refractivity contribution is 5.54. The van der Waals surface area contributed by atoms with Crippen LogP contribution in [-0.2, 0) is 0 Å². The largest absolute Gasteiger partial charge is 0.337 e.